The van der Waals surface area contributed by atoms with Crippen molar-refractivity contribution in [3.8, 4) is 0 Å². The quantitative estimate of drug-likeness (QED) is 0.742. The van der Waals surface area contributed by atoms with E-state index < -0.39 is 5.97 Å². The number of carboxylic acid groups (broad SMARTS) is 1. The number of nitrogens with one attached hydrogen (secondary N) is 1. The van der Waals surface area contributed by atoms with Gasteiger partial charge >= 0.3 is 12.0 Å². The molecule has 5 nitrogen and oxygen atoms in total. The summed E-state index contributed by atoms with van der Waals surface area (Å²) in [5.74, 6) is -0.432. The van der Waals surface area contributed by atoms with E-state index in [1.165, 1.54) is 24.2 Å². The van der Waals surface area contributed by atoms with E-state index in [0.717, 1.165) is 19.3 Å². The number of hydrogen-bond donors (Lipinski definition) is 2. The molecule has 0 aromatic carbocycles. The van der Waals surface area contributed by atoms with Gasteiger partial charge in [0.2, 0.25) is 0 Å². The molecule has 5 heteroatoms. The molecule has 0 atom stereocenters. The van der Waals surface area contributed by atoms with Crippen LogP contribution < -0.4 is 5.32 Å². The number of hydrogen-bond acceptors (Lipinski definition) is 2. The smallest absolute Gasteiger partial charge is 0.323 e. The lowest BCUT2D eigenvalue weighted by atomic mass is 9.67. The van der Waals surface area contributed by atoms with Gasteiger partial charge in [-0.1, -0.05) is 13.3 Å². The van der Waals surface area contributed by atoms with Crippen molar-refractivity contribution in [1.29, 1.82) is 0 Å². The number of urea groups is 1. The Labute approximate surface area is 114 Å². The zero-order chi connectivity index (χ0) is 13.9. The van der Waals surface area contributed by atoms with Crippen LogP contribution in [0.1, 0.15) is 45.4 Å². The van der Waals surface area contributed by atoms with Crippen LogP contribution in [-0.4, -0.2) is 41.6 Å². The van der Waals surface area contributed by atoms with Crippen LogP contribution in [0.5, 0.6) is 0 Å². The molecule has 2 rings (SSSR count). The Morgan fingerprint density at radius 1 is 1.37 bits per heavy atom. The molecule has 0 spiro atoms. The van der Waals surface area contributed by atoms with Crippen molar-refractivity contribution < 1.29 is 14.7 Å². The second-order valence-corrected chi connectivity index (χ2v) is 6.08. The van der Waals surface area contributed by atoms with Crippen molar-refractivity contribution in [3.05, 3.63) is 0 Å². The highest BCUT2D eigenvalue weighted by Gasteiger charge is 2.36. The SMILES string of the molecule is CCC1(CNC(=O)N(CC(=O)O)CC2CC2)CCC1. The Hall–Kier alpha value is -1.26. The van der Waals surface area contributed by atoms with Crippen molar-refractivity contribution in [2.45, 2.75) is 45.4 Å². The third-order valence-electron chi connectivity index (χ3n) is 4.57. The Morgan fingerprint density at radius 3 is 2.47 bits per heavy atom. The first-order valence-electron chi connectivity index (χ1n) is 7.29. The lowest BCUT2D eigenvalue weighted by Crippen LogP contribution is -2.48. The van der Waals surface area contributed by atoms with Gasteiger partial charge in [-0.2, -0.15) is 0 Å². The van der Waals surface area contributed by atoms with Crippen molar-refractivity contribution in [2.24, 2.45) is 11.3 Å². The Morgan fingerprint density at radius 2 is 2.05 bits per heavy atom. The molecule has 0 aliphatic heterocycles. The highest BCUT2D eigenvalue weighted by Crippen LogP contribution is 2.43. The van der Waals surface area contributed by atoms with E-state index in [1.54, 1.807) is 0 Å². The van der Waals surface area contributed by atoms with Crippen LogP contribution in [0.3, 0.4) is 0 Å². The van der Waals surface area contributed by atoms with E-state index in [1.807, 2.05) is 0 Å². The molecule has 0 radical (unpaired) electrons. The highest BCUT2D eigenvalue weighted by atomic mass is 16.4. The third-order valence-corrected chi connectivity index (χ3v) is 4.57. The summed E-state index contributed by atoms with van der Waals surface area (Å²) in [5.41, 5.74) is 0.268. The second kappa shape index (κ2) is 5.80. The summed E-state index contributed by atoms with van der Waals surface area (Å²) in [6.45, 7) is 3.23. The normalized spacial score (nSPS) is 20.5. The van der Waals surface area contributed by atoms with Crippen LogP contribution in [0.15, 0.2) is 0 Å². The molecule has 2 amide bonds. The number of carbonyl (C=O) groups is 2. The van der Waals surface area contributed by atoms with Gasteiger partial charge in [-0.25, -0.2) is 4.79 Å². The largest absolute Gasteiger partial charge is 0.480 e. The molecule has 0 aromatic rings. The topological polar surface area (TPSA) is 69.6 Å². The summed E-state index contributed by atoms with van der Waals surface area (Å²) in [5, 5.41) is 11.8. The zero-order valence-corrected chi connectivity index (χ0v) is 11.7. The van der Waals surface area contributed by atoms with Crippen molar-refractivity contribution >= 4 is 12.0 Å². The molecule has 2 fully saturated rings. The Bertz CT molecular complexity index is 343. The minimum atomic E-state index is -0.940. The Kier molecular flexibility index (Phi) is 4.32. The molecule has 108 valence electrons. The average molecular weight is 268 g/mol. The molecule has 19 heavy (non-hydrogen) atoms. The van der Waals surface area contributed by atoms with E-state index in [4.69, 9.17) is 5.11 Å². The molecular formula is C14H24N2O3. The summed E-state index contributed by atoms with van der Waals surface area (Å²) < 4.78 is 0. The molecule has 0 bridgehead atoms. The number of carbonyl (C=O) groups excluding carboxylic acids is 1. The Balaban J connectivity index is 1.81. The summed E-state index contributed by atoms with van der Waals surface area (Å²) in [6.07, 6.45) is 6.89. The molecule has 2 saturated carbocycles. The van der Waals surface area contributed by atoms with E-state index in [-0.39, 0.29) is 18.0 Å². The third kappa shape index (κ3) is 3.85. The summed E-state index contributed by atoms with van der Waals surface area (Å²) in [6, 6.07) is -0.214. The molecule has 0 aromatic heterocycles. The van der Waals surface area contributed by atoms with Crippen LogP contribution >= 0.6 is 0 Å². The molecule has 0 saturated heterocycles. The van der Waals surface area contributed by atoms with Crippen LogP contribution in [0.2, 0.25) is 0 Å². The maximum Gasteiger partial charge on any atom is 0.323 e. The van der Waals surface area contributed by atoms with Crippen molar-refractivity contribution in [2.75, 3.05) is 19.6 Å². The van der Waals surface area contributed by atoms with Crippen LogP contribution in [0.25, 0.3) is 0 Å². The second-order valence-electron chi connectivity index (χ2n) is 6.08. The number of aliphatic carboxylic acids is 1. The first-order chi connectivity index (χ1) is 9.04. The van der Waals surface area contributed by atoms with Crippen LogP contribution in [0.4, 0.5) is 4.79 Å². The van der Waals surface area contributed by atoms with Crippen molar-refractivity contribution in [3.63, 3.8) is 0 Å². The molecule has 2 N–H and O–H groups in total. The fourth-order valence-corrected chi connectivity index (χ4v) is 2.70. The summed E-state index contributed by atoms with van der Waals surface area (Å²) >= 11 is 0. The number of carboxylic acids is 1. The summed E-state index contributed by atoms with van der Waals surface area (Å²) in [7, 11) is 0. The van der Waals surface area contributed by atoms with Gasteiger partial charge in [-0.05, 0) is 43.4 Å². The van der Waals surface area contributed by atoms with Gasteiger partial charge in [0.15, 0.2) is 0 Å². The minimum absolute atomic E-state index is 0.193. The molecular weight excluding hydrogens is 244 g/mol. The lowest BCUT2D eigenvalue weighted by Gasteiger charge is -2.41. The highest BCUT2D eigenvalue weighted by molar-refractivity contribution is 5.80. The molecule has 2 aliphatic carbocycles. The standard InChI is InChI=1S/C14H24N2O3/c1-2-14(6-3-7-14)10-15-13(19)16(9-12(17)18)8-11-4-5-11/h11H,2-10H2,1H3,(H,15,19)(H,17,18). The van der Waals surface area contributed by atoms with Gasteiger partial charge in [0.1, 0.15) is 6.54 Å². The molecule has 0 heterocycles. The van der Waals surface area contributed by atoms with Gasteiger partial charge in [0.05, 0.1) is 0 Å². The number of rotatable bonds is 7. The molecule has 0 unspecified atom stereocenters. The predicted molar refractivity (Wildman–Crippen MR) is 71.9 cm³/mol. The predicted octanol–water partition coefficient (Wildman–Crippen LogP) is 2.07. The number of amides is 2. The van der Waals surface area contributed by atoms with Crippen LogP contribution in [0, 0.1) is 11.3 Å². The fourth-order valence-electron chi connectivity index (χ4n) is 2.70. The lowest BCUT2D eigenvalue weighted by molar-refractivity contribution is -0.137. The van der Waals surface area contributed by atoms with Gasteiger partial charge in [0.25, 0.3) is 0 Å². The van der Waals surface area contributed by atoms with E-state index in [0.29, 0.717) is 19.0 Å². The van der Waals surface area contributed by atoms with Crippen LogP contribution in [-0.2, 0) is 4.79 Å². The van der Waals surface area contributed by atoms with E-state index in [9.17, 15) is 9.59 Å². The maximum absolute atomic E-state index is 12.1. The van der Waals surface area contributed by atoms with Gasteiger partial charge in [0, 0.05) is 13.1 Å². The zero-order valence-electron chi connectivity index (χ0n) is 11.7. The van der Waals surface area contributed by atoms with Gasteiger partial charge < -0.3 is 15.3 Å². The van der Waals surface area contributed by atoms with Crippen molar-refractivity contribution in [1.82, 2.24) is 10.2 Å². The monoisotopic (exact) mass is 268 g/mol. The van der Waals surface area contributed by atoms with E-state index >= 15 is 0 Å². The first-order valence-corrected chi connectivity index (χ1v) is 7.29. The minimum Gasteiger partial charge on any atom is -0.480 e. The van der Waals surface area contributed by atoms with Gasteiger partial charge in [-0.3, -0.25) is 4.79 Å². The van der Waals surface area contributed by atoms with Gasteiger partial charge in [-0.15, -0.1) is 0 Å². The molecule has 2 aliphatic rings. The number of nitrogens with zero attached hydrogens (tertiary/aromatic N) is 1. The fraction of sp³-hybridized carbons (Fsp3) is 0.857. The van der Waals surface area contributed by atoms with E-state index in [2.05, 4.69) is 12.2 Å². The average Bonchev–Trinajstić information content (AvgIpc) is 3.10. The maximum atomic E-state index is 12.1. The first kappa shape index (κ1) is 14.2. The summed E-state index contributed by atoms with van der Waals surface area (Å²) in [4.78, 5) is 24.4.